The van der Waals surface area contributed by atoms with Crippen LogP contribution >= 0.6 is 15.9 Å². The highest BCUT2D eigenvalue weighted by Gasteiger charge is 2.16. The van der Waals surface area contributed by atoms with Crippen LogP contribution in [0.15, 0.2) is 28.7 Å². The molecule has 1 N–H and O–H groups in total. The lowest BCUT2D eigenvalue weighted by Gasteiger charge is -2.29. The van der Waals surface area contributed by atoms with Gasteiger partial charge in [-0.1, -0.05) is 48.8 Å². The fourth-order valence-electron chi connectivity index (χ4n) is 2.40. The summed E-state index contributed by atoms with van der Waals surface area (Å²) in [6, 6.07) is 9.69. The Morgan fingerprint density at radius 1 is 1.25 bits per heavy atom. The molecule has 1 rings (SSSR count). The normalized spacial score (nSPS) is 14.8. The van der Waals surface area contributed by atoms with Crippen molar-refractivity contribution in [3.63, 3.8) is 0 Å². The van der Waals surface area contributed by atoms with E-state index < -0.39 is 0 Å². The molecule has 3 heteroatoms. The zero-order valence-corrected chi connectivity index (χ0v) is 15.1. The molecule has 2 atom stereocenters. The second-order valence-electron chi connectivity index (χ2n) is 5.92. The van der Waals surface area contributed by atoms with Gasteiger partial charge in [0.05, 0.1) is 0 Å². The molecule has 114 valence electrons. The number of halogens is 1. The summed E-state index contributed by atoms with van der Waals surface area (Å²) >= 11 is 3.57. The molecule has 0 aliphatic heterocycles. The van der Waals surface area contributed by atoms with E-state index in [-0.39, 0.29) is 0 Å². The molecule has 2 nitrogen and oxygen atoms in total. The smallest absolute Gasteiger partial charge is 0.0332 e. The first-order valence-electron chi connectivity index (χ1n) is 7.64. The summed E-state index contributed by atoms with van der Waals surface area (Å²) in [6.07, 6.45) is 1.14. The Morgan fingerprint density at radius 3 is 2.50 bits per heavy atom. The predicted molar refractivity (Wildman–Crippen MR) is 92.1 cm³/mol. The van der Waals surface area contributed by atoms with E-state index in [1.165, 1.54) is 5.56 Å². The van der Waals surface area contributed by atoms with Crippen LogP contribution in [0.3, 0.4) is 0 Å². The average Bonchev–Trinajstić information content (AvgIpc) is 2.42. The van der Waals surface area contributed by atoms with Gasteiger partial charge in [-0.3, -0.25) is 0 Å². The summed E-state index contributed by atoms with van der Waals surface area (Å²) in [6.45, 7) is 11.2. The second kappa shape index (κ2) is 8.81. The van der Waals surface area contributed by atoms with Gasteiger partial charge in [-0.15, -0.1) is 0 Å². The van der Waals surface area contributed by atoms with Gasteiger partial charge in [0.2, 0.25) is 0 Å². The Kier molecular flexibility index (Phi) is 7.78. The lowest BCUT2D eigenvalue weighted by molar-refractivity contribution is 0.198. The third-order valence-electron chi connectivity index (χ3n) is 4.13. The van der Waals surface area contributed by atoms with Crippen LogP contribution in [0.4, 0.5) is 0 Å². The van der Waals surface area contributed by atoms with Crippen LogP contribution in [0.5, 0.6) is 0 Å². The number of nitrogens with zero attached hydrogens (tertiary/aromatic N) is 1. The molecule has 0 radical (unpaired) electrons. The van der Waals surface area contributed by atoms with Crippen LogP contribution in [-0.4, -0.2) is 31.1 Å². The largest absolute Gasteiger partial charge is 0.310 e. The first-order chi connectivity index (χ1) is 9.45. The second-order valence-corrected chi connectivity index (χ2v) is 6.83. The topological polar surface area (TPSA) is 15.3 Å². The molecule has 0 amide bonds. The lowest BCUT2D eigenvalue weighted by Crippen LogP contribution is -2.35. The maximum absolute atomic E-state index is 3.60. The van der Waals surface area contributed by atoms with Crippen molar-refractivity contribution in [1.29, 1.82) is 0 Å². The van der Waals surface area contributed by atoms with Gasteiger partial charge in [-0.2, -0.15) is 0 Å². The van der Waals surface area contributed by atoms with E-state index in [1.807, 2.05) is 0 Å². The van der Waals surface area contributed by atoms with Crippen LogP contribution in [0.1, 0.15) is 45.7 Å². The van der Waals surface area contributed by atoms with E-state index in [0.29, 0.717) is 18.0 Å². The van der Waals surface area contributed by atoms with Crippen molar-refractivity contribution in [2.75, 3.05) is 20.1 Å². The van der Waals surface area contributed by atoms with Gasteiger partial charge < -0.3 is 10.2 Å². The fourth-order valence-corrected chi connectivity index (χ4v) is 2.82. The van der Waals surface area contributed by atoms with Gasteiger partial charge in [-0.25, -0.2) is 0 Å². The van der Waals surface area contributed by atoms with E-state index >= 15 is 0 Å². The quantitative estimate of drug-likeness (QED) is 0.751. The molecule has 0 aromatic heterocycles. The molecule has 0 heterocycles. The van der Waals surface area contributed by atoms with Crippen molar-refractivity contribution >= 4 is 15.9 Å². The summed E-state index contributed by atoms with van der Waals surface area (Å²) in [5, 5.41) is 3.60. The van der Waals surface area contributed by atoms with E-state index in [4.69, 9.17) is 0 Å². The maximum atomic E-state index is 3.60. The van der Waals surface area contributed by atoms with Crippen molar-refractivity contribution in [2.24, 2.45) is 5.92 Å². The third kappa shape index (κ3) is 5.55. The number of hydrogen-bond acceptors (Lipinski definition) is 2. The summed E-state index contributed by atoms with van der Waals surface area (Å²) in [4.78, 5) is 2.47. The SMILES string of the molecule is CCNC(CCN(C)C(C)C(C)C)c1cccc(Br)c1. The van der Waals surface area contributed by atoms with E-state index in [1.54, 1.807) is 0 Å². The van der Waals surface area contributed by atoms with E-state index in [9.17, 15) is 0 Å². The minimum atomic E-state index is 0.430. The van der Waals surface area contributed by atoms with Crippen molar-refractivity contribution in [3.05, 3.63) is 34.3 Å². The molecule has 0 saturated heterocycles. The molecule has 0 aliphatic carbocycles. The summed E-state index contributed by atoms with van der Waals surface area (Å²) in [5.74, 6) is 0.698. The highest BCUT2D eigenvalue weighted by atomic mass is 79.9. The minimum Gasteiger partial charge on any atom is -0.310 e. The maximum Gasteiger partial charge on any atom is 0.0332 e. The molecule has 0 fully saturated rings. The zero-order chi connectivity index (χ0) is 15.1. The van der Waals surface area contributed by atoms with Crippen LogP contribution in [-0.2, 0) is 0 Å². The Balaban J connectivity index is 2.64. The highest BCUT2D eigenvalue weighted by molar-refractivity contribution is 9.10. The Morgan fingerprint density at radius 2 is 1.95 bits per heavy atom. The average molecular weight is 341 g/mol. The number of hydrogen-bond donors (Lipinski definition) is 1. The van der Waals surface area contributed by atoms with Crippen molar-refractivity contribution < 1.29 is 0 Å². The van der Waals surface area contributed by atoms with E-state index in [0.717, 1.165) is 24.0 Å². The Hall–Kier alpha value is -0.380. The minimum absolute atomic E-state index is 0.430. The van der Waals surface area contributed by atoms with Crippen LogP contribution < -0.4 is 5.32 Å². The fraction of sp³-hybridized carbons (Fsp3) is 0.647. The molecule has 20 heavy (non-hydrogen) atoms. The molecule has 0 bridgehead atoms. The standard InChI is InChI=1S/C17H29BrN2/c1-6-19-17(15-8-7-9-16(18)12-15)10-11-20(5)14(4)13(2)3/h7-9,12-14,17,19H,6,10-11H2,1-5H3. The zero-order valence-electron chi connectivity index (χ0n) is 13.5. The van der Waals surface area contributed by atoms with Gasteiger partial charge in [0.15, 0.2) is 0 Å². The monoisotopic (exact) mass is 340 g/mol. The molecular weight excluding hydrogens is 312 g/mol. The molecule has 1 aromatic rings. The molecule has 1 aromatic carbocycles. The first-order valence-corrected chi connectivity index (χ1v) is 8.44. The van der Waals surface area contributed by atoms with Gasteiger partial charge in [0.1, 0.15) is 0 Å². The molecule has 0 aliphatic rings. The van der Waals surface area contributed by atoms with Crippen LogP contribution in [0.25, 0.3) is 0 Å². The summed E-state index contributed by atoms with van der Waals surface area (Å²) in [5.41, 5.74) is 1.37. The number of rotatable bonds is 8. The molecule has 0 spiro atoms. The van der Waals surface area contributed by atoms with Crippen molar-refractivity contribution in [2.45, 2.75) is 46.2 Å². The predicted octanol–water partition coefficient (Wildman–Crippen LogP) is 4.47. The molecule has 2 unspecified atom stereocenters. The van der Waals surface area contributed by atoms with E-state index in [2.05, 4.69) is 85.2 Å². The van der Waals surface area contributed by atoms with Gasteiger partial charge >= 0.3 is 0 Å². The van der Waals surface area contributed by atoms with Crippen molar-refractivity contribution in [3.8, 4) is 0 Å². The first kappa shape index (κ1) is 17.7. The Bertz CT molecular complexity index is 392. The van der Waals surface area contributed by atoms with Gasteiger partial charge in [0, 0.05) is 16.6 Å². The van der Waals surface area contributed by atoms with Crippen LogP contribution in [0.2, 0.25) is 0 Å². The van der Waals surface area contributed by atoms with Crippen LogP contribution in [0, 0.1) is 5.92 Å². The van der Waals surface area contributed by atoms with Gasteiger partial charge in [-0.05, 0) is 57.1 Å². The van der Waals surface area contributed by atoms with Crippen molar-refractivity contribution in [1.82, 2.24) is 10.2 Å². The molecule has 0 saturated carbocycles. The Labute approximate surface area is 133 Å². The number of benzene rings is 1. The highest BCUT2D eigenvalue weighted by Crippen LogP contribution is 2.21. The van der Waals surface area contributed by atoms with Gasteiger partial charge in [0.25, 0.3) is 0 Å². The summed E-state index contributed by atoms with van der Waals surface area (Å²) in [7, 11) is 2.23. The lowest BCUT2D eigenvalue weighted by atomic mass is 10.0. The molecular formula is C17H29BrN2. The summed E-state index contributed by atoms with van der Waals surface area (Å²) < 4.78 is 1.15. The number of nitrogens with one attached hydrogen (secondary N) is 1. The third-order valence-corrected chi connectivity index (χ3v) is 4.63.